The van der Waals surface area contributed by atoms with E-state index < -0.39 is 0 Å². The van der Waals surface area contributed by atoms with Gasteiger partial charge in [0.2, 0.25) is 0 Å². The predicted octanol–water partition coefficient (Wildman–Crippen LogP) is 2.40. The van der Waals surface area contributed by atoms with Gasteiger partial charge in [-0.2, -0.15) is 10.2 Å². The molecular weight excluding hydrogens is 316 g/mol. The van der Waals surface area contributed by atoms with E-state index in [2.05, 4.69) is 31.6 Å². The molecule has 0 saturated heterocycles. The zero-order valence-corrected chi connectivity index (χ0v) is 12.2. The van der Waals surface area contributed by atoms with E-state index in [1.54, 1.807) is 24.6 Å². The van der Waals surface area contributed by atoms with Crippen molar-refractivity contribution in [2.45, 2.75) is 6.92 Å². The summed E-state index contributed by atoms with van der Waals surface area (Å²) in [5.74, 6) is -0.294. The SMILES string of the molecule is C/C(=N\NC(=O)c1c(Br)cnn1C)c1cccs1. The first-order valence-corrected chi connectivity index (χ1v) is 6.83. The normalized spacial score (nSPS) is 11.6. The Morgan fingerprint density at radius 2 is 2.39 bits per heavy atom. The van der Waals surface area contributed by atoms with Crippen molar-refractivity contribution in [3.8, 4) is 0 Å². The van der Waals surface area contributed by atoms with Crippen molar-refractivity contribution in [1.82, 2.24) is 15.2 Å². The third-order valence-corrected chi connectivity index (χ3v) is 3.87. The number of thiophene rings is 1. The third-order valence-electron chi connectivity index (χ3n) is 2.31. The van der Waals surface area contributed by atoms with Gasteiger partial charge in [-0.3, -0.25) is 9.48 Å². The fourth-order valence-corrected chi connectivity index (χ4v) is 2.60. The van der Waals surface area contributed by atoms with Gasteiger partial charge in [0.15, 0.2) is 0 Å². The molecule has 18 heavy (non-hydrogen) atoms. The van der Waals surface area contributed by atoms with Crippen molar-refractivity contribution in [3.63, 3.8) is 0 Å². The Morgan fingerprint density at radius 1 is 1.61 bits per heavy atom. The van der Waals surface area contributed by atoms with E-state index >= 15 is 0 Å². The Balaban J connectivity index is 2.12. The summed E-state index contributed by atoms with van der Waals surface area (Å²) in [6.45, 7) is 1.85. The largest absolute Gasteiger partial charge is 0.290 e. The molecule has 0 fully saturated rings. The number of halogens is 1. The number of nitrogens with one attached hydrogen (secondary N) is 1. The number of aromatic nitrogens is 2. The number of rotatable bonds is 3. The van der Waals surface area contributed by atoms with Gasteiger partial charge in [0.25, 0.3) is 5.91 Å². The summed E-state index contributed by atoms with van der Waals surface area (Å²) in [6.07, 6.45) is 1.57. The minimum atomic E-state index is -0.294. The lowest BCUT2D eigenvalue weighted by molar-refractivity contribution is 0.0944. The van der Waals surface area contributed by atoms with Crippen LogP contribution in [0.1, 0.15) is 22.3 Å². The van der Waals surface area contributed by atoms with Gasteiger partial charge >= 0.3 is 0 Å². The summed E-state index contributed by atoms with van der Waals surface area (Å²) in [5, 5.41) is 10.0. The van der Waals surface area contributed by atoms with Crippen molar-refractivity contribution >= 4 is 38.9 Å². The fraction of sp³-hybridized carbons (Fsp3) is 0.182. The van der Waals surface area contributed by atoms with Crippen LogP contribution in [0.5, 0.6) is 0 Å². The zero-order valence-electron chi connectivity index (χ0n) is 9.85. The van der Waals surface area contributed by atoms with E-state index in [4.69, 9.17) is 0 Å². The topological polar surface area (TPSA) is 59.3 Å². The van der Waals surface area contributed by atoms with Gasteiger partial charge in [-0.25, -0.2) is 5.43 Å². The molecule has 0 saturated carbocycles. The Morgan fingerprint density at radius 3 is 2.94 bits per heavy atom. The summed E-state index contributed by atoms with van der Waals surface area (Å²) < 4.78 is 2.14. The van der Waals surface area contributed by atoms with Gasteiger partial charge in [0.1, 0.15) is 5.69 Å². The first-order valence-electron chi connectivity index (χ1n) is 5.15. The highest BCUT2D eigenvalue weighted by atomic mass is 79.9. The van der Waals surface area contributed by atoms with E-state index in [0.717, 1.165) is 10.6 Å². The standard InChI is InChI=1S/C11H11BrN4OS/c1-7(9-4-3-5-18-9)14-15-11(17)10-8(12)6-13-16(10)2/h3-6H,1-2H3,(H,15,17)/b14-7+. The second kappa shape index (κ2) is 5.45. The van der Waals surface area contributed by atoms with Crippen LogP contribution in [-0.2, 0) is 7.05 Å². The van der Waals surface area contributed by atoms with Crippen molar-refractivity contribution in [3.05, 3.63) is 38.8 Å². The van der Waals surface area contributed by atoms with E-state index in [-0.39, 0.29) is 5.91 Å². The van der Waals surface area contributed by atoms with Crippen LogP contribution < -0.4 is 5.43 Å². The number of hydrazone groups is 1. The first kappa shape index (κ1) is 13.0. The molecule has 94 valence electrons. The molecule has 2 heterocycles. The molecule has 2 aromatic heterocycles. The molecular formula is C11H11BrN4OS. The van der Waals surface area contributed by atoms with Gasteiger partial charge in [0.05, 0.1) is 16.4 Å². The van der Waals surface area contributed by atoms with Crippen LogP contribution in [0.25, 0.3) is 0 Å². The molecule has 1 amide bonds. The molecule has 1 N–H and O–H groups in total. The Labute approximate surface area is 117 Å². The summed E-state index contributed by atoms with van der Waals surface area (Å²) in [7, 11) is 1.70. The van der Waals surface area contributed by atoms with E-state index in [9.17, 15) is 4.79 Å². The molecule has 0 unspecified atom stereocenters. The number of amides is 1. The van der Waals surface area contributed by atoms with Crippen LogP contribution in [0.4, 0.5) is 0 Å². The highest BCUT2D eigenvalue weighted by molar-refractivity contribution is 9.10. The summed E-state index contributed by atoms with van der Waals surface area (Å²) in [6, 6.07) is 3.90. The molecule has 7 heteroatoms. The lowest BCUT2D eigenvalue weighted by Gasteiger charge is -2.02. The molecule has 0 bridgehead atoms. The predicted molar refractivity (Wildman–Crippen MR) is 74.9 cm³/mol. The van der Waals surface area contributed by atoms with Crippen LogP contribution >= 0.6 is 27.3 Å². The Kier molecular flexibility index (Phi) is 3.93. The van der Waals surface area contributed by atoms with Crippen LogP contribution in [0, 0.1) is 0 Å². The Hall–Kier alpha value is -1.47. The highest BCUT2D eigenvalue weighted by Crippen LogP contribution is 2.14. The monoisotopic (exact) mass is 326 g/mol. The minimum Gasteiger partial charge on any atom is -0.266 e. The molecule has 0 spiro atoms. The van der Waals surface area contributed by atoms with Crippen LogP contribution in [0.3, 0.4) is 0 Å². The molecule has 0 aromatic carbocycles. The average Bonchev–Trinajstić information content (AvgIpc) is 2.96. The maximum atomic E-state index is 11.9. The second-order valence-electron chi connectivity index (χ2n) is 3.58. The van der Waals surface area contributed by atoms with E-state index in [1.165, 1.54) is 4.68 Å². The van der Waals surface area contributed by atoms with E-state index in [0.29, 0.717) is 10.2 Å². The Bertz CT molecular complexity index is 569. The second-order valence-corrected chi connectivity index (χ2v) is 5.38. The van der Waals surface area contributed by atoms with Crippen LogP contribution in [-0.4, -0.2) is 21.4 Å². The molecule has 5 nitrogen and oxygen atoms in total. The smallest absolute Gasteiger partial charge is 0.266 e. The van der Waals surface area contributed by atoms with Crippen LogP contribution in [0.2, 0.25) is 0 Å². The number of hydrogen-bond donors (Lipinski definition) is 1. The van der Waals surface area contributed by atoms with Crippen molar-refractivity contribution in [2.24, 2.45) is 12.1 Å². The maximum absolute atomic E-state index is 11.9. The zero-order chi connectivity index (χ0) is 13.1. The molecule has 0 aliphatic heterocycles. The number of hydrogen-bond acceptors (Lipinski definition) is 4. The van der Waals surface area contributed by atoms with Gasteiger partial charge in [-0.05, 0) is 34.3 Å². The molecule has 0 aliphatic carbocycles. The fourth-order valence-electron chi connectivity index (χ4n) is 1.39. The quantitative estimate of drug-likeness (QED) is 0.695. The summed E-state index contributed by atoms with van der Waals surface area (Å²) >= 11 is 4.85. The van der Waals surface area contributed by atoms with Crippen LogP contribution in [0.15, 0.2) is 33.3 Å². The van der Waals surface area contributed by atoms with Gasteiger partial charge < -0.3 is 0 Å². The number of aryl methyl sites for hydroxylation is 1. The lowest BCUT2D eigenvalue weighted by atomic mass is 10.3. The highest BCUT2D eigenvalue weighted by Gasteiger charge is 2.14. The van der Waals surface area contributed by atoms with Crippen molar-refractivity contribution in [1.29, 1.82) is 0 Å². The molecule has 0 aliphatic rings. The van der Waals surface area contributed by atoms with E-state index in [1.807, 2.05) is 24.4 Å². The maximum Gasteiger partial charge on any atom is 0.290 e. The van der Waals surface area contributed by atoms with Crippen molar-refractivity contribution in [2.75, 3.05) is 0 Å². The third kappa shape index (κ3) is 2.68. The molecule has 0 radical (unpaired) electrons. The summed E-state index contributed by atoms with van der Waals surface area (Å²) in [5.41, 5.74) is 3.74. The van der Waals surface area contributed by atoms with Crippen molar-refractivity contribution < 1.29 is 4.79 Å². The van der Waals surface area contributed by atoms with Gasteiger partial charge in [-0.15, -0.1) is 11.3 Å². The summed E-state index contributed by atoms with van der Waals surface area (Å²) in [4.78, 5) is 12.9. The number of nitrogens with zero attached hydrogens (tertiary/aromatic N) is 3. The molecule has 2 aromatic rings. The molecule has 0 atom stereocenters. The molecule has 2 rings (SSSR count). The van der Waals surface area contributed by atoms with Gasteiger partial charge in [0, 0.05) is 11.9 Å². The first-order chi connectivity index (χ1) is 8.59. The average molecular weight is 327 g/mol. The number of carbonyl (C=O) groups is 1. The number of carbonyl (C=O) groups excluding carboxylic acids is 1. The van der Waals surface area contributed by atoms with Gasteiger partial charge in [-0.1, -0.05) is 6.07 Å². The minimum absolute atomic E-state index is 0.294. The lowest BCUT2D eigenvalue weighted by Crippen LogP contribution is -2.22.